The second kappa shape index (κ2) is 9.71. The highest BCUT2D eigenvalue weighted by Crippen LogP contribution is 2.46. The fraction of sp³-hybridized carbons (Fsp3) is 0.833. The van der Waals surface area contributed by atoms with Crippen molar-refractivity contribution in [3.8, 4) is 0 Å². The van der Waals surface area contributed by atoms with Gasteiger partial charge in [0.25, 0.3) is 0 Å². The summed E-state index contributed by atoms with van der Waals surface area (Å²) in [6.45, 7) is 7.60. The van der Waals surface area contributed by atoms with E-state index in [2.05, 4.69) is 12.2 Å². The van der Waals surface area contributed by atoms with Gasteiger partial charge < -0.3 is 23.7 Å². The highest BCUT2D eigenvalue weighted by Gasteiger charge is 2.43. The van der Waals surface area contributed by atoms with Gasteiger partial charge in [-0.1, -0.05) is 12.2 Å². The van der Waals surface area contributed by atoms with Crippen molar-refractivity contribution >= 4 is 14.9 Å². The van der Waals surface area contributed by atoms with E-state index in [-0.39, 0.29) is 6.10 Å². The van der Waals surface area contributed by atoms with Crippen LogP contribution in [0.1, 0.15) is 46.5 Å². The van der Waals surface area contributed by atoms with E-state index >= 15 is 0 Å². The molecule has 144 valence electrons. The molecular weight excluding hydrogens is 338 g/mol. The van der Waals surface area contributed by atoms with Gasteiger partial charge in [-0.05, 0) is 58.3 Å². The standard InChI is InChI=1S/C18H33NO5Si/c1-4-21-25(22-5-2,23-6-3)11-7-8-17(24-18(19)20)16-13-14-9-10-15(16)12-14/h9-10,14-17H,4-8,11-13H2,1-3H3,(H2,19,20). The highest BCUT2D eigenvalue weighted by atomic mass is 28.4. The van der Waals surface area contributed by atoms with Crippen molar-refractivity contribution in [1.29, 1.82) is 0 Å². The van der Waals surface area contributed by atoms with Crippen molar-refractivity contribution in [2.24, 2.45) is 23.5 Å². The summed E-state index contributed by atoms with van der Waals surface area (Å²) in [6.07, 6.45) is 7.63. The smallest absolute Gasteiger partial charge is 0.446 e. The number of allylic oxidation sites excluding steroid dienone is 2. The van der Waals surface area contributed by atoms with Gasteiger partial charge >= 0.3 is 14.9 Å². The number of ether oxygens (including phenoxy) is 1. The predicted octanol–water partition coefficient (Wildman–Crippen LogP) is 3.49. The topological polar surface area (TPSA) is 80.0 Å². The van der Waals surface area contributed by atoms with Crippen LogP contribution in [0.3, 0.4) is 0 Å². The lowest BCUT2D eigenvalue weighted by Gasteiger charge is -2.31. The van der Waals surface area contributed by atoms with Crippen molar-refractivity contribution in [3.05, 3.63) is 12.2 Å². The van der Waals surface area contributed by atoms with Crippen LogP contribution in [-0.4, -0.2) is 40.8 Å². The molecule has 1 amide bonds. The number of hydrogen-bond donors (Lipinski definition) is 1. The lowest BCUT2D eigenvalue weighted by Crippen LogP contribution is -2.46. The van der Waals surface area contributed by atoms with Crippen molar-refractivity contribution in [3.63, 3.8) is 0 Å². The number of hydrogen-bond acceptors (Lipinski definition) is 5. The van der Waals surface area contributed by atoms with Crippen LogP contribution < -0.4 is 5.73 Å². The highest BCUT2D eigenvalue weighted by molar-refractivity contribution is 6.60. The third kappa shape index (κ3) is 5.54. The Morgan fingerprint density at radius 2 is 1.76 bits per heavy atom. The molecule has 2 aliphatic carbocycles. The summed E-state index contributed by atoms with van der Waals surface area (Å²) < 4.78 is 23.2. The minimum atomic E-state index is -2.64. The van der Waals surface area contributed by atoms with Gasteiger partial charge in [0.15, 0.2) is 0 Å². The summed E-state index contributed by atoms with van der Waals surface area (Å²) in [6, 6.07) is 0.734. The number of nitrogens with two attached hydrogens (primary N) is 1. The summed E-state index contributed by atoms with van der Waals surface area (Å²) >= 11 is 0. The van der Waals surface area contributed by atoms with E-state index in [1.165, 1.54) is 6.42 Å². The van der Waals surface area contributed by atoms with Crippen LogP contribution in [0.25, 0.3) is 0 Å². The largest absolute Gasteiger partial charge is 0.500 e. The van der Waals surface area contributed by atoms with E-state index in [1.807, 2.05) is 20.8 Å². The maximum absolute atomic E-state index is 11.4. The summed E-state index contributed by atoms with van der Waals surface area (Å²) in [5, 5.41) is 0. The number of rotatable bonds is 12. The van der Waals surface area contributed by atoms with Crippen LogP contribution in [-0.2, 0) is 18.0 Å². The molecule has 2 bridgehead atoms. The van der Waals surface area contributed by atoms with Crippen molar-refractivity contribution in [2.75, 3.05) is 19.8 Å². The van der Waals surface area contributed by atoms with Gasteiger partial charge in [0.1, 0.15) is 6.10 Å². The lowest BCUT2D eigenvalue weighted by atomic mass is 9.86. The monoisotopic (exact) mass is 371 g/mol. The van der Waals surface area contributed by atoms with E-state index < -0.39 is 14.9 Å². The Morgan fingerprint density at radius 1 is 1.12 bits per heavy atom. The van der Waals surface area contributed by atoms with Crippen molar-refractivity contribution < 1.29 is 22.8 Å². The summed E-state index contributed by atoms with van der Waals surface area (Å²) in [4.78, 5) is 11.4. The molecule has 1 saturated carbocycles. The van der Waals surface area contributed by atoms with Crippen LogP contribution in [0.15, 0.2) is 12.2 Å². The zero-order valence-electron chi connectivity index (χ0n) is 15.7. The number of carbonyl (C=O) groups excluding carboxylic acids is 1. The Balaban J connectivity index is 1.94. The van der Waals surface area contributed by atoms with E-state index in [0.717, 1.165) is 25.3 Å². The molecule has 7 heteroatoms. The summed E-state index contributed by atoms with van der Waals surface area (Å²) in [5.74, 6) is 1.53. The molecule has 0 aromatic carbocycles. The van der Waals surface area contributed by atoms with Gasteiger partial charge in [0.2, 0.25) is 0 Å². The Bertz CT molecular complexity index is 442. The Labute approximate surface area is 152 Å². The molecule has 2 aliphatic rings. The van der Waals surface area contributed by atoms with Crippen molar-refractivity contribution in [2.45, 2.75) is 58.6 Å². The molecule has 0 aliphatic heterocycles. The number of carbonyl (C=O) groups is 1. The Kier molecular flexibility index (Phi) is 7.93. The number of amides is 1. The molecule has 0 aromatic rings. The molecular formula is C18H33NO5Si. The molecule has 2 N–H and O–H groups in total. The van der Waals surface area contributed by atoms with E-state index in [1.54, 1.807) is 0 Å². The maximum atomic E-state index is 11.4. The first-order valence-electron chi connectivity index (χ1n) is 9.59. The van der Waals surface area contributed by atoms with Crippen LogP contribution >= 0.6 is 0 Å². The predicted molar refractivity (Wildman–Crippen MR) is 98.0 cm³/mol. The fourth-order valence-corrected chi connectivity index (χ4v) is 6.92. The van der Waals surface area contributed by atoms with Gasteiger partial charge in [-0.25, -0.2) is 4.79 Å². The van der Waals surface area contributed by atoms with Gasteiger partial charge in [-0.15, -0.1) is 0 Å². The first-order chi connectivity index (χ1) is 12.0. The number of fused-ring (bicyclic) bond motifs is 2. The zero-order chi connectivity index (χ0) is 18.3. The second-order valence-corrected chi connectivity index (χ2v) is 9.53. The van der Waals surface area contributed by atoms with E-state index in [4.69, 9.17) is 23.7 Å². The Hall–Kier alpha value is -0.893. The first-order valence-corrected chi connectivity index (χ1v) is 11.5. The molecule has 1 fully saturated rings. The van der Waals surface area contributed by atoms with E-state index in [9.17, 15) is 4.79 Å². The van der Waals surface area contributed by atoms with Crippen LogP contribution in [0, 0.1) is 17.8 Å². The molecule has 0 heterocycles. The number of primary amides is 1. The molecule has 2 rings (SSSR count). The molecule has 0 radical (unpaired) electrons. The van der Waals surface area contributed by atoms with Crippen molar-refractivity contribution in [1.82, 2.24) is 0 Å². The maximum Gasteiger partial charge on any atom is 0.500 e. The van der Waals surface area contributed by atoms with Gasteiger partial charge in [0, 0.05) is 31.8 Å². The molecule has 0 saturated heterocycles. The fourth-order valence-electron chi connectivity index (χ4n) is 4.28. The summed E-state index contributed by atoms with van der Waals surface area (Å²) in [7, 11) is -2.64. The van der Waals surface area contributed by atoms with Crippen LogP contribution in [0.4, 0.5) is 4.79 Å². The normalized spacial score (nSPS) is 26.1. The molecule has 0 aromatic heterocycles. The molecule has 0 spiro atoms. The quantitative estimate of drug-likeness (QED) is 0.419. The summed E-state index contributed by atoms with van der Waals surface area (Å²) in [5.41, 5.74) is 5.32. The minimum absolute atomic E-state index is 0.131. The van der Waals surface area contributed by atoms with Gasteiger partial charge in [-0.2, -0.15) is 0 Å². The van der Waals surface area contributed by atoms with Crippen LogP contribution in [0.2, 0.25) is 6.04 Å². The minimum Gasteiger partial charge on any atom is -0.446 e. The average molecular weight is 372 g/mol. The molecule has 25 heavy (non-hydrogen) atoms. The second-order valence-electron chi connectivity index (χ2n) is 6.79. The molecule has 4 atom stereocenters. The lowest BCUT2D eigenvalue weighted by molar-refractivity contribution is 0.0483. The SMILES string of the molecule is CCO[Si](CCCC(OC(N)=O)C1CC2C=CC1C2)(OCC)OCC. The van der Waals surface area contributed by atoms with Gasteiger partial charge in [0.05, 0.1) is 0 Å². The third-order valence-corrected chi connectivity index (χ3v) is 8.29. The Morgan fingerprint density at radius 3 is 2.20 bits per heavy atom. The van der Waals surface area contributed by atoms with Crippen LogP contribution in [0.5, 0.6) is 0 Å². The molecule has 4 unspecified atom stereocenters. The first kappa shape index (κ1) is 20.4. The zero-order valence-corrected chi connectivity index (χ0v) is 16.7. The van der Waals surface area contributed by atoms with Gasteiger partial charge in [-0.3, -0.25) is 0 Å². The third-order valence-electron chi connectivity index (χ3n) is 5.14. The molecule has 6 nitrogen and oxygen atoms in total. The van der Waals surface area contributed by atoms with E-state index in [0.29, 0.717) is 37.6 Å². The average Bonchev–Trinajstić information content (AvgIpc) is 3.17.